The van der Waals surface area contributed by atoms with Crippen LogP contribution in [0.25, 0.3) is 16.6 Å². The van der Waals surface area contributed by atoms with E-state index in [-0.39, 0.29) is 11.6 Å². The van der Waals surface area contributed by atoms with Gasteiger partial charge in [0.2, 0.25) is 0 Å². The highest BCUT2D eigenvalue weighted by Gasteiger charge is 2.29. The number of unbranched alkanes of at least 4 members (excludes halogenated alkanes) is 1. The Bertz CT molecular complexity index is 1470. The van der Waals surface area contributed by atoms with Crippen LogP contribution in [-0.2, 0) is 0 Å². The summed E-state index contributed by atoms with van der Waals surface area (Å²) in [7, 11) is 0. The molecule has 0 saturated carbocycles. The number of nitrogens with zero attached hydrogens (tertiary/aromatic N) is 3. The maximum absolute atomic E-state index is 13.9. The monoisotopic (exact) mass is 496 g/mol. The van der Waals surface area contributed by atoms with Gasteiger partial charge in [0.25, 0.3) is 5.56 Å². The minimum Gasteiger partial charge on any atom is -0.314 e. The number of fused-ring (bicyclic) bond motifs is 1. The molecule has 0 radical (unpaired) electrons. The molecule has 192 valence electrons. The number of aryl methyl sites for hydroxylation is 3. The molecule has 1 atom stereocenters. The van der Waals surface area contributed by atoms with E-state index in [2.05, 4.69) is 19.2 Å². The summed E-state index contributed by atoms with van der Waals surface area (Å²) in [6.07, 6.45) is 2.40. The van der Waals surface area contributed by atoms with E-state index < -0.39 is 6.04 Å². The van der Waals surface area contributed by atoms with Crippen LogP contribution in [0.3, 0.4) is 0 Å². The van der Waals surface area contributed by atoms with Gasteiger partial charge in [-0.1, -0.05) is 50.6 Å². The molecule has 0 aliphatic carbocycles. The van der Waals surface area contributed by atoms with Gasteiger partial charge in [0.05, 0.1) is 22.6 Å². The molecule has 0 fully saturated rings. The van der Waals surface area contributed by atoms with Crippen molar-refractivity contribution in [1.29, 1.82) is 0 Å². The fourth-order valence-corrected chi connectivity index (χ4v) is 4.68. The van der Waals surface area contributed by atoms with Crippen LogP contribution >= 0.6 is 0 Å². The number of benzene rings is 3. The van der Waals surface area contributed by atoms with Gasteiger partial charge < -0.3 is 10.2 Å². The third-order valence-corrected chi connectivity index (χ3v) is 6.89. The van der Waals surface area contributed by atoms with Crippen molar-refractivity contribution < 1.29 is 4.79 Å². The van der Waals surface area contributed by atoms with Crippen LogP contribution in [0.15, 0.2) is 71.5 Å². The van der Waals surface area contributed by atoms with Crippen LogP contribution in [0.4, 0.5) is 10.5 Å². The molecule has 3 aromatic carbocycles. The van der Waals surface area contributed by atoms with Gasteiger partial charge in [-0.2, -0.15) is 0 Å². The number of rotatable bonds is 8. The summed E-state index contributed by atoms with van der Waals surface area (Å²) in [5, 5.41) is 3.63. The second-order valence-electron chi connectivity index (χ2n) is 9.67. The zero-order valence-electron chi connectivity index (χ0n) is 22.4. The average Bonchev–Trinajstić information content (AvgIpc) is 2.88. The van der Waals surface area contributed by atoms with Crippen molar-refractivity contribution in [2.24, 2.45) is 0 Å². The van der Waals surface area contributed by atoms with Crippen molar-refractivity contribution in [3.05, 3.63) is 99.6 Å². The van der Waals surface area contributed by atoms with Gasteiger partial charge in [-0.25, -0.2) is 9.78 Å². The topological polar surface area (TPSA) is 67.2 Å². The van der Waals surface area contributed by atoms with Crippen LogP contribution in [0.1, 0.15) is 61.7 Å². The largest absolute Gasteiger partial charge is 0.322 e. The molecule has 0 bridgehead atoms. The first-order valence-electron chi connectivity index (χ1n) is 13.1. The number of carbonyl (C=O) groups excluding carboxylic acids is 1. The lowest BCUT2D eigenvalue weighted by molar-refractivity contribution is 0.180. The number of nitrogens with one attached hydrogen (secondary N) is 1. The average molecular weight is 497 g/mol. The highest BCUT2D eigenvalue weighted by atomic mass is 16.2. The molecule has 0 aliphatic rings. The van der Waals surface area contributed by atoms with Crippen molar-refractivity contribution in [3.63, 3.8) is 0 Å². The van der Waals surface area contributed by atoms with E-state index in [9.17, 15) is 9.59 Å². The van der Waals surface area contributed by atoms with Crippen molar-refractivity contribution in [1.82, 2.24) is 14.5 Å². The van der Waals surface area contributed by atoms with Crippen LogP contribution in [0.5, 0.6) is 0 Å². The molecular weight excluding hydrogens is 460 g/mol. The molecule has 1 heterocycles. The fourth-order valence-electron chi connectivity index (χ4n) is 4.68. The van der Waals surface area contributed by atoms with Gasteiger partial charge >= 0.3 is 6.03 Å². The maximum Gasteiger partial charge on any atom is 0.322 e. The van der Waals surface area contributed by atoms with Gasteiger partial charge in [-0.3, -0.25) is 9.36 Å². The molecule has 1 aromatic heterocycles. The minimum absolute atomic E-state index is 0.128. The molecule has 0 saturated heterocycles. The van der Waals surface area contributed by atoms with Gasteiger partial charge in [-0.15, -0.1) is 0 Å². The summed E-state index contributed by atoms with van der Waals surface area (Å²) in [4.78, 5) is 34.4. The van der Waals surface area contributed by atoms with E-state index in [0.29, 0.717) is 29.7 Å². The molecule has 6 heteroatoms. The Morgan fingerprint density at radius 3 is 2.46 bits per heavy atom. The molecule has 37 heavy (non-hydrogen) atoms. The standard InChI is InChI=1S/C31H36N4O2/c1-6-8-18-34(31(37)32-24-13-11-12-21(3)19-24)28(7-2)29-33-27-15-10-9-14-26(27)30(36)35(29)25-17-16-22(4)23(5)20-25/h9-17,19-20,28H,6-8,18H2,1-5H3,(H,32,37). The predicted molar refractivity (Wildman–Crippen MR) is 152 cm³/mol. The number of aromatic nitrogens is 2. The van der Waals surface area contributed by atoms with E-state index in [1.54, 1.807) is 4.57 Å². The zero-order valence-corrected chi connectivity index (χ0v) is 22.4. The first-order valence-corrected chi connectivity index (χ1v) is 13.1. The van der Waals surface area contributed by atoms with Gasteiger partial charge in [-0.05, 0) is 86.7 Å². The van der Waals surface area contributed by atoms with E-state index in [0.717, 1.165) is 40.9 Å². The Morgan fingerprint density at radius 1 is 0.973 bits per heavy atom. The lowest BCUT2D eigenvalue weighted by Gasteiger charge is -2.32. The molecule has 1 unspecified atom stereocenters. The third-order valence-electron chi connectivity index (χ3n) is 6.89. The molecule has 6 nitrogen and oxygen atoms in total. The molecule has 1 N–H and O–H groups in total. The number of anilines is 1. The Labute approximate surface area is 219 Å². The summed E-state index contributed by atoms with van der Waals surface area (Å²) >= 11 is 0. The van der Waals surface area contributed by atoms with Crippen LogP contribution in [0.2, 0.25) is 0 Å². The van der Waals surface area contributed by atoms with Gasteiger partial charge in [0.15, 0.2) is 0 Å². The Hall–Kier alpha value is -3.93. The Balaban J connectivity index is 1.88. The second-order valence-corrected chi connectivity index (χ2v) is 9.67. The van der Waals surface area contributed by atoms with E-state index >= 15 is 0 Å². The number of urea groups is 1. The number of carbonyl (C=O) groups is 1. The Morgan fingerprint density at radius 2 is 1.76 bits per heavy atom. The number of hydrogen-bond acceptors (Lipinski definition) is 3. The lowest BCUT2D eigenvalue weighted by Crippen LogP contribution is -2.41. The van der Waals surface area contributed by atoms with Crippen molar-refractivity contribution in [2.75, 3.05) is 11.9 Å². The van der Waals surface area contributed by atoms with Crippen molar-refractivity contribution in [2.45, 2.75) is 59.9 Å². The number of amides is 2. The highest BCUT2D eigenvalue weighted by molar-refractivity contribution is 5.89. The summed E-state index contributed by atoms with van der Waals surface area (Å²) in [6, 6.07) is 20.6. The zero-order chi connectivity index (χ0) is 26.5. The summed E-state index contributed by atoms with van der Waals surface area (Å²) < 4.78 is 1.70. The first kappa shape index (κ1) is 26.1. The summed E-state index contributed by atoms with van der Waals surface area (Å²) in [5.74, 6) is 0.574. The summed E-state index contributed by atoms with van der Waals surface area (Å²) in [6.45, 7) is 10.8. The molecule has 0 aliphatic heterocycles. The normalized spacial score (nSPS) is 11.9. The third kappa shape index (κ3) is 5.58. The van der Waals surface area contributed by atoms with E-state index in [4.69, 9.17) is 4.98 Å². The molecule has 4 aromatic rings. The van der Waals surface area contributed by atoms with Gasteiger partial charge in [0, 0.05) is 12.2 Å². The summed E-state index contributed by atoms with van der Waals surface area (Å²) in [5.41, 5.74) is 5.34. The van der Waals surface area contributed by atoms with E-state index in [1.165, 1.54) is 0 Å². The second kappa shape index (κ2) is 11.4. The SMILES string of the molecule is CCCCN(C(=O)Nc1cccc(C)c1)C(CC)c1nc2ccccc2c(=O)n1-c1ccc(C)c(C)c1. The first-order chi connectivity index (χ1) is 17.8. The quantitative estimate of drug-likeness (QED) is 0.283. The molecule has 2 amide bonds. The van der Waals surface area contributed by atoms with Crippen LogP contribution in [-0.4, -0.2) is 27.0 Å². The number of hydrogen-bond donors (Lipinski definition) is 1. The van der Waals surface area contributed by atoms with Crippen molar-refractivity contribution in [3.8, 4) is 5.69 Å². The number of para-hydroxylation sites is 1. The minimum atomic E-state index is -0.393. The highest BCUT2D eigenvalue weighted by Crippen LogP contribution is 2.28. The van der Waals surface area contributed by atoms with Crippen LogP contribution in [0, 0.1) is 20.8 Å². The lowest BCUT2D eigenvalue weighted by atomic mass is 10.1. The van der Waals surface area contributed by atoms with Crippen molar-refractivity contribution >= 4 is 22.6 Å². The Kier molecular flexibility index (Phi) is 8.07. The predicted octanol–water partition coefficient (Wildman–Crippen LogP) is 7.10. The molecule has 4 rings (SSSR count). The molecule has 0 spiro atoms. The molecular formula is C31H36N4O2. The van der Waals surface area contributed by atoms with Gasteiger partial charge in [0.1, 0.15) is 5.82 Å². The van der Waals surface area contributed by atoms with E-state index in [1.807, 2.05) is 92.4 Å². The van der Waals surface area contributed by atoms with Crippen LogP contribution < -0.4 is 10.9 Å². The smallest absolute Gasteiger partial charge is 0.314 e. The maximum atomic E-state index is 13.9. The fraction of sp³-hybridized carbons (Fsp3) is 0.323.